The fourth-order valence-electron chi connectivity index (χ4n) is 4.64. The Balaban J connectivity index is 1.65. The van der Waals surface area contributed by atoms with E-state index >= 15 is 0 Å². The number of Topliss-reactive ketones (excluding diaryl/α,β-unsaturated/α-hetero) is 1. The molecule has 5 rings (SSSR count). The van der Waals surface area contributed by atoms with Crippen molar-refractivity contribution in [3.63, 3.8) is 0 Å². The van der Waals surface area contributed by atoms with Crippen molar-refractivity contribution in [1.82, 2.24) is 24.4 Å². The summed E-state index contributed by atoms with van der Waals surface area (Å²) in [7, 11) is 0. The number of thiol groups is 1. The number of carbonyl (C=O) groups is 5. The first-order chi connectivity index (χ1) is 21.0. The van der Waals surface area contributed by atoms with Crippen molar-refractivity contribution in [2.24, 2.45) is 10.9 Å². The predicted octanol–water partition coefficient (Wildman–Crippen LogP) is 5.16. The van der Waals surface area contributed by atoms with Crippen LogP contribution in [-0.2, 0) is 9.53 Å². The van der Waals surface area contributed by atoms with Crippen LogP contribution >= 0.6 is 35.8 Å². The SMILES string of the molecule is NC(=O)N(C(=O)c1cnn2c(-c3ccc(Cl)cc3)c(-c3ccccc3Cl)cnc12)C(=O)N(C(=O)N=O)C1(S)CC(=O)CCO1. The van der Waals surface area contributed by atoms with Gasteiger partial charge in [-0.3, -0.25) is 9.59 Å². The number of nitroso groups, excluding NO2 is 1. The van der Waals surface area contributed by atoms with Crippen LogP contribution in [0.25, 0.3) is 28.0 Å². The molecule has 17 heteroatoms. The zero-order valence-corrected chi connectivity index (χ0v) is 24.6. The van der Waals surface area contributed by atoms with E-state index in [-0.39, 0.29) is 28.5 Å². The molecule has 1 saturated heterocycles. The lowest BCUT2D eigenvalue weighted by atomic mass is 10.0. The average molecular weight is 656 g/mol. The molecule has 2 N–H and O–H groups in total. The van der Waals surface area contributed by atoms with Crippen molar-refractivity contribution in [3.05, 3.63) is 81.4 Å². The van der Waals surface area contributed by atoms with Crippen molar-refractivity contribution in [1.29, 1.82) is 0 Å². The third kappa shape index (κ3) is 5.53. The number of hydrogen-bond donors (Lipinski definition) is 2. The molecule has 7 amide bonds. The van der Waals surface area contributed by atoms with Crippen molar-refractivity contribution < 1.29 is 28.7 Å². The summed E-state index contributed by atoms with van der Waals surface area (Å²) >= 11 is 16.7. The van der Waals surface area contributed by atoms with Crippen molar-refractivity contribution in [2.45, 2.75) is 17.9 Å². The van der Waals surface area contributed by atoms with E-state index in [2.05, 4.69) is 27.9 Å². The van der Waals surface area contributed by atoms with Crippen molar-refractivity contribution >= 4 is 71.3 Å². The Labute approximate surface area is 263 Å². The molecule has 2 aromatic carbocycles. The first kappa shape index (κ1) is 30.7. The summed E-state index contributed by atoms with van der Waals surface area (Å²) in [6.07, 6.45) is 1.74. The van der Waals surface area contributed by atoms with E-state index in [4.69, 9.17) is 33.7 Å². The minimum Gasteiger partial charge on any atom is -0.351 e. The van der Waals surface area contributed by atoms with Crippen LogP contribution in [0.3, 0.4) is 0 Å². The third-order valence-electron chi connectivity index (χ3n) is 6.61. The molecule has 1 aliphatic rings. The van der Waals surface area contributed by atoms with Gasteiger partial charge in [0.05, 0.1) is 24.9 Å². The second kappa shape index (κ2) is 12.1. The molecular weight excluding hydrogens is 637 g/mol. The van der Waals surface area contributed by atoms with Crippen LogP contribution < -0.4 is 5.73 Å². The molecule has 4 aromatic rings. The Bertz CT molecular complexity index is 1870. The van der Waals surface area contributed by atoms with Crippen molar-refractivity contribution in [2.75, 3.05) is 6.61 Å². The first-order valence-electron chi connectivity index (χ1n) is 12.6. The van der Waals surface area contributed by atoms with Gasteiger partial charge in [-0.1, -0.05) is 53.5 Å². The summed E-state index contributed by atoms with van der Waals surface area (Å²) in [5.41, 5.74) is 7.01. The van der Waals surface area contributed by atoms with Crippen LogP contribution in [0.2, 0.25) is 10.0 Å². The van der Waals surface area contributed by atoms with Gasteiger partial charge in [-0.05, 0) is 18.2 Å². The van der Waals surface area contributed by atoms with E-state index in [0.717, 1.165) is 6.20 Å². The zero-order chi connectivity index (χ0) is 31.8. The number of halogens is 2. The van der Waals surface area contributed by atoms with Gasteiger partial charge in [-0.25, -0.2) is 28.8 Å². The van der Waals surface area contributed by atoms with Gasteiger partial charge < -0.3 is 10.5 Å². The highest BCUT2D eigenvalue weighted by molar-refractivity contribution is 7.81. The van der Waals surface area contributed by atoms with Gasteiger partial charge in [-0.15, -0.1) is 17.5 Å². The molecular formula is C27H19Cl2N7O7S. The van der Waals surface area contributed by atoms with Gasteiger partial charge in [0.15, 0.2) is 5.65 Å². The number of benzene rings is 2. The number of fused-ring (bicyclic) bond motifs is 1. The Kier molecular flexibility index (Phi) is 8.47. The minimum atomic E-state index is -2.34. The fraction of sp³-hybridized carbons (Fsp3) is 0.148. The molecule has 1 aliphatic heterocycles. The Morgan fingerprint density at radius 2 is 1.75 bits per heavy atom. The van der Waals surface area contributed by atoms with Gasteiger partial charge in [0.1, 0.15) is 11.3 Å². The second-order valence-corrected chi connectivity index (χ2v) is 10.9. The van der Waals surface area contributed by atoms with E-state index in [0.29, 0.717) is 32.4 Å². The molecule has 1 atom stereocenters. The summed E-state index contributed by atoms with van der Waals surface area (Å²) in [6.45, 7) is -0.276. The molecule has 0 aliphatic carbocycles. The van der Waals surface area contributed by atoms with Gasteiger partial charge in [0, 0.05) is 44.5 Å². The number of primary amides is 1. The molecule has 0 radical (unpaired) electrons. The smallest absolute Gasteiger partial charge is 0.351 e. The number of rotatable bonds is 4. The molecule has 0 saturated carbocycles. The van der Waals surface area contributed by atoms with Crippen LogP contribution in [0.5, 0.6) is 0 Å². The Morgan fingerprint density at radius 1 is 1.05 bits per heavy atom. The molecule has 2 aromatic heterocycles. The predicted molar refractivity (Wildman–Crippen MR) is 160 cm³/mol. The molecule has 44 heavy (non-hydrogen) atoms. The van der Waals surface area contributed by atoms with Crippen LogP contribution in [0, 0.1) is 4.91 Å². The fourth-order valence-corrected chi connectivity index (χ4v) is 5.44. The van der Waals surface area contributed by atoms with Crippen LogP contribution in [-0.4, -0.2) is 65.8 Å². The summed E-state index contributed by atoms with van der Waals surface area (Å²) in [5, 5.41) is 5.02. The second-order valence-electron chi connectivity index (χ2n) is 9.33. The van der Waals surface area contributed by atoms with Gasteiger partial charge in [0.25, 0.3) is 5.91 Å². The maximum Gasteiger partial charge on any atom is 0.392 e. The highest BCUT2D eigenvalue weighted by atomic mass is 35.5. The van der Waals surface area contributed by atoms with Crippen LogP contribution in [0.4, 0.5) is 14.4 Å². The normalized spacial score (nSPS) is 16.4. The lowest BCUT2D eigenvalue weighted by Gasteiger charge is -2.39. The maximum absolute atomic E-state index is 13.8. The number of imide groups is 4. The van der Waals surface area contributed by atoms with E-state index < -0.39 is 46.8 Å². The minimum absolute atomic E-state index is 0.0173. The summed E-state index contributed by atoms with van der Waals surface area (Å²) in [6, 6.07) is 8.48. The molecule has 1 unspecified atom stereocenters. The Morgan fingerprint density at radius 3 is 2.39 bits per heavy atom. The molecule has 14 nitrogen and oxygen atoms in total. The number of ether oxygens (including phenoxy) is 1. The van der Waals surface area contributed by atoms with Gasteiger partial charge in [0.2, 0.25) is 5.06 Å². The molecule has 0 spiro atoms. The molecule has 0 bridgehead atoms. The number of ketones is 1. The van der Waals surface area contributed by atoms with Crippen LogP contribution in [0.1, 0.15) is 23.2 Å². The number of nitrogens with zero attached hydrogens (tertiary/aromatic N) is 6. The van der Waals surface area contributed by atoms with E-state index in [1.165, 1.54) is 10.7 Å². The monoisotopic (exact) mass is 655 g/mol. The number of nitrogens with two attached hydrogens (primary N) is 1. The van der Waals surface area contributed by atoms with E-state index in [9.17, 15) is 28.9 Å². The quantitative estimate of drug-likeness (QED) is 0.170. The Hall–Kier alpha value is -4.70. The van der Waals surface area contributed by atoms with Gasteiger partial charge in [-0.2, -0.15) is 10.00 Å². The third-order valence-corrected chi connectivity index (χ3v) is 7.67. The largest absolute Gasteiger partial charge is 0.392 e. The first-order valence-corrected chi connectivity index (χ1v) is 13.8. The highest BCUT2D eigenvalue weighted by Gasteiger charge is 2.50. The highest BCUT2D eigenvalue weighted by Crippen LogP contribution is 2.37. The maximum atomic E-state index is 13.8. The lowest BCUT2D eigenvalue weighted by molar-refractivity contribution is -0.138. The van der Waals surface area contributed by atoms with E-state index in [1.54, 1.807) is 48.5 Å². The molecule has 3 heterocycles. The lowest BCUT2D eigenvalue weighted by Crippen LogP contribution is -2.61. The van der Waals surface area contributed by atoms with Crippen molar-refractivity contribution in [3.8, 4) is 22.4 Å². The summed E-state index contributed by atoms with van der Waals surface area (Å²) in [4.78, 5) is 79.9. The van der Waals surface area contributed by atoms with Gasteiger partial charge >= 0.3 is 18.1 Å². The number of hydrogen-bond acceptors (Lipinski definition) is 10. The molecule has 1 fully saturated rings. The number of aromatic nitrogens is 3. The van der Waals surface area contributed by atoms with Crippen LogP contribution in [0.15, 0.2) is 66.1 Å². The topological polar surface area (TPSA) is 187 Å². The summed E-state index contributed by atoms with van der Waals surface area (Å²) < 4.78 is 6.63. The summed E-state index contributed by atoms with van der Waals surface area (Å²) in [5.74, 6) is -1.84. The standard InChI is InChI=1S/C27H19Cl2N7O7S/c28-15-7-5-14(6-8-15)21-18(17-3-1-2-4-20(17)29)12-31-22-19(13-32-36(21)22)23(38)34(24(30)39)26(41)35(25(40)33-42)27(44)11-16(37)9-10-43-27/h1-8,12-13,44H,9-11H2,(H2,30,39). The number of carbonyl (C=O) groups excluding carboxylic acids is 5. The zero-order valence-electron chi connectivity index (χ0n) is 22.2. The molecule has 224 valence electrons. The average Bonchev–Trinajstić information content (AvgIpc) is 3.41. The number of urea groups is 3. The van der Waals surface area contributed by atoms with E-state index in [1.807, 2.05) is 0 Å². The number of amides is 7.